The van der Waals surface area contributed by atoms with Crippen molar-refractivity contribution in [3.63, 3.8) is 0 Å². The summed E-state index contributed by atoms with van der Waals surface area (Å²) in [6.45, 7) is 10.2. The topological polar surface area (TPSA) is 49.7 Å². The minimum absolute atomic E-state index is 0.116. The first-order valence-electron chi connectivity index (χ1n) is 9.03. The van der Waals surface area contributed by atoms with Crippen molar-refractivity contribution in [3.8, 4) is 0 Å². The summed E-state index contributed by atoms with van der Waals surface area (Å²) in [6, 6.07) is 0. The van der Waals surface area contributed by atoms with Crippen molar-refractivity contribution >= 4 is 0 Å². The highest BCUT2D eigenvalue weighted by atomic mass is 16.5. The van der Waals surface area contributed by atoms with Crippen molar-refractivity contribution in [3.05, 3.63) is 24.3 Å². The largest absolute Gasteiger partial charge is 0.387 e. The molecule has 3 nitrogen and oxygen atoms in total. The van der Waals surface area contributed by atoms with E-state index < -0.39 is 11.2 Å². The molecule has 2 bridgehead atoms. The molecule has 3 heteroatoms. The third kappa shape index (κ3) is 4.91. The highest BCUT2D eigenvalue weighted by Gasteiger charge is 2.43. The van der Waals surface area contributed by atoms with E-state index >= 15 is 0 Å². The van der Waals surface area contributed by atoms with Crippen molar-refractivity contribution in [2.75, 3.05) is 0 Å². The van der Waals surface area contributed by atoms with Crippen LogP contribution in [0.1, 0.15) is 66.7 Å². The van der Waals surface area contributed by atoms with Gasteiger partial charge in [0.1, 0.15) is 0 Å². The van der Waals surface area contributed by atoms with Crippen LogP contribution in [-0.2, 0) is 4.74 Å². The molecule has 0 aromatic carbocycles. The zero-order valence-corrected chi connectivity index (χ0v) is 15.4. The Morgan fingerprint density at radius 2 is 1.74 bits per heavy atom. The molecule has 1 fully saturated rings. The number of ether oxygens (including phenoxy) is 1. The summed E-state index contributed by atoms with van der Waals surface area (Å²) >= 11 is 0. The van der Waals surface area contributed by atoms with Gasteiger partial charge in [-0.05, 0) is 64.7 Å². The molecule has 2 heterocycles. The first-order chi connectivity index (χ1) is 10.5. The number of rotatable bonds is 1. The predicted octanol–water partition coefficient (Wildman–Crippen LogP) is 3.99. The number of fused-ring (bicyclic) bond motifs is 2. The van der Waals surface area contributed by atoms with E-state index in [1.807, 2.05) is 26.0 Å². The summed E-state index contributed by atoms with van der Waals surface area (Å²) in [7, 11) is 0. The molecule has 2 rings (SSSR count). The molecule has 0 spiro atoms. The molecular formula is C20H34O3. The summed E-state index contributed by atoms with van der Waals surface area (Å²) in [5.41, 5.74) is -1.97. The van der Waals surface area contributed by atoms with Gasteiger partial charge >= 0.3 is 0 Å². The molecule has 132 valence electrons. The van der Waals surface area contributed by atoms with E-state index in [1.165, 1.54) is 0 Å². The normalized spacial score (nSPS) is 45.6. The Balaban J connectivity index is 2.27. The van der Waals surface area contributed by atoms with Crippen LogP contribution < -0.4 is 0 Å². The minimum atomic E-state index is -0.839. The van der Waals surface area contributed by atoms with Crippen molar-refractivity contribution in [2.24, 2.45) is 11.8 Å². The fourth-order valence-electron chi connectivity index (χ4n) is 3.64. The maximum atomic E-state index is 10.9. The molecule has 2 aliphatic rings. The Hall–Kier alpha value is -0.640. The van der Waals surface area contributed by atoms with Gasteiger partial charge in [-0.3, -0.25) is 0 Å². The Morgan fingerprint density at radius 3 is 2.39 bits per heavy atom. The molecule has 0 amide bonds. The van der Waals surface area contributed by atoms with E-state index in [0.717, 1.165) is 19.3 Å². The second kappa shape index (κ2) is 6.70. The number of hydrogen-bond donors (Lipinski definition) is 2. The third-order valence-corrected chi connectivity index (χ3v) is 5.55. The average molecular weight is 322 g/mol. The molecular weight excluding hydrogens is 288 g/mol. The second-order valence-electron chi connectivity index (χ2n) is 8.58. The van der Waals surface area contributed by atoms with Crippen LogP contribution in [0.25, 0.3) is 0 Å². The summed E-state index contributed by atoms with van der Waals surface area (Å²) < 4.78 is 6.20. The lowest BCUT2D eigenvalue weighted by molar-refractivity contribution is -0.114. The minimum Gasteiger partial charge on any atom is -0.387 e. The van der Waals surface area contributed by atoms with Crippen molar-refractivity contribution < 1.29 is 14.9 Å². The summed E-state index contributed by atoms with van der Waals surface area (Å²) in [5.74, 6) is 0.832. The van der Waals surface area contributed by atoms with Gasteiger partial charge in [0.05, 0.1) is 22.9 Å². The molecule has 0 saturated carbocycles. The Kier molecular flexibility index (Phi) is 5.44. The summed E-state index contributed by atoms with van der Waals surface area (Å²) in [4.78, 5) is 0. The van der Waals surface area contributed by atoms with Crippen LogP contribution in [0.5, 0.6) is 0 Å². The Morgan fingerprint density at radius 1 is 1.04 bits per heavy atom. The number of aliphatic hydroxyl groups is 2. The van der Waals surface area contributed by atoms with E-state index in [-0.39, 0.29) is 11.7 Å². The molecule has 2 aliphatic heterocycles. The number of hydrogen-bond acceptors (Lipinski definition) is 3. The van der Waals surface area contributed by atoms with Crippen LogP contribution in [0.3, 0.4) is 0 Å². The maximum absolute atomic E-state index is 10.9. The highest BCUT2D eigenvalue weighted by Crippen LogP contribution is 2.39. The van der Waals surface area contributed by atoms with Gasteiger partial charge in [-0.25, -0.2) is 0 Å². The summed E-state index contributed by atoms with van der Waals surface area (Å²) in [6.07, 6.45) is 12.0. The molecule has 0 radical (unpaired) electrons. The van der Waals surface area contributed by atoms with Crippen molar-refractivity contribution in [1.82, 2.24) is 0 Å². The zero-order chi connectivity index (χ0) is 17.3. The van der Waals surface area contributed by atoms with Gasteiger partial charge in [0.25, 0.3) is 0 Å². The van der Waals surface area contributed by atoms with E-state index in [2.05, 4.69) is 32.9 Å². The lowest BCUT2D eigenvalue weighted by Gasteiger charge is -2.33. The van der Waals surface area contributed by atoms with Crippen LogP contribution in [0, 0.1) is 11.8 Å². The lowest BCUT2D eigenvalue weighted by atomic mass is 9.82. The van der Waals surface area contributed by atoms with Gasteiger partial charge in [-0.2, -0.15) is 0 Å². The predicted molar refractivity (Wildman–Crippen MR) is 94.2 cm³/mol. The molecule has 2 N–H and O–H groups in total. The molecule has 0 aromatic heterocycles. The van der Waals surface area contributed by atoms with E-state index in [4.69, 9.17) is 4.74 Å². The van der Waals surface area contributed by atoms with Gasteiger partial charge in [-0.1, -0.05) is 38.2 Å². The van der Waals surface area contributed by atoms with Crippen LogP contribution in [-0.4, -0.2) is 33.1 Å². The molecule has 0 aromatic rings. The monoisotopic (exact) mass is 322 g/mol. The van der Waals surface area contributed by atoms with Crippen molar-refractivity contribution in [1.29, 1.82) is 0 Å². The Bertz CT molecular complexity index is 462. The zero-order valence-electron chi connectivity index (χ0n) is 15.4. The fraction of sp³-hybridized carbons (Fsp3) is 0.800. The standard InChI is InChI=1S/C20H34O3/c1-15(2)16-7-12-18(3,21)10-6-11-19(4)13-9-17(23-19)20(5,22)14-8-16/h6-7,11-12,15-17,21-22H,8-10,13-14H2,1-5H3. The van der Waals surface area contributed by atoms with Crippen LogP contribution >= 0.6 is 0 Å². The van der Waals surface area contributed by atoms with Gasteiger partial charge in [0, 0.05) is 0 Å². The first kappa shape index (κ1) is 18.7. The molecule has 0 aliphatic carbocycles. The average Bonchev–Trinajstić information content (AvgIpc) is 2.80. The smallest absolute Gasteiger partial charge is 0.0880 e. The highest BCUT2D eigenvalue weighted by molar-refractivity contribution is 5.11. The quantitative estimate of drug-likeness (QED) is 0.718. The van der Waals surface area contributed by atoms with Gasteiger partial charge < -0.3 is 14.9 Å². The Labute approximate surface area is 141 Å². The fourth-order valence-corrected chi connectivity index (χ4v) is 3.64. The van der Waals surface area contributed by atoms with Crippen molar-refractivity contribution in [2.45, 2.75) is 89.6 Å². The van der Waals surface area contributed by atoms with Gasteiger partial charge in [0.2, 0.25) is 0 Å². The molecule has 23 heavy (non-hydrogen) atoms. The third-order valence-electron chi connectivity index (χ3n) is 5.55. The maximum Gasteiger partial charge on any atom is 0.0880 e. The second-order valence-corrected chi connectivity index (χ2v) is 8.58. The number of allylic oxidation sites excluding steroid dienone is 1. The SMILES string of the molecule is CC(C)C1C=CC(C)(O)CC=CC2(C)CCC(O2)C(C)(O)CC1. The van der Waals surface area contributed by atoms with Gasteiger partial charge in [-0.15, -0.1) is 0 Å². The van der Waals surface area contributed by atoms with Gasteiger partial charge in [0.15, 0.2) is 0 Å². The van der Waals surface area contributed by atoms with Crippen LogP contribution in [0.15, 0.2) is 24.3 Å². The lowest BCUT2D eigenvalue weighted by Crippen LogP contribution is -2.41. The molecule has 1 saturated heterocycles. The van der Waals surface area contributed by atoms with E-state index in [9.17, 15) is 10.2 Å². The molecule has 5 atom stereocenters. The van der Waals surface area contributed by atoms with Crippen LogP contribution in [0.4, 0.5) is 0 Å². The molecule has 5 unspecified atom stereocenters. The first-order valence-corrected chi connectivity index (χ1v) is 9.03. The van der Waals surface area contributed by atoms with Crippen LogP contribution in [0.2, 0.25) is 0 Å². The van der Waals surface area contributed by atoms with E-state index in [0.29, 0.717) is 24.7 Å². The van der Waals surface area contributed by atoms with E-state index in [1.54, 1.807) is 0 Å². The summed E-state index contributed by atoms with van der Waals surface area (Å²) in [5, 5.41) is 21.5.